The van der Waals surface area contributed by atoms with Crippen LogP contribution in [-0.2, 0) is 6.42 Å². The quantitative estimate of drug-likeness (QED) is 0.401. The monoisotopic (exact) mass is 425 g/mol. The zero-order valence-electron chi connectivity index (χ0n) is 17.2. The molecule has 2 aromatic rings. The Balaban J connectivity index is 1.61. The molecule has 0 atom stereocenters. The molecule has 8 N–H and O–H groups in total. The minimum atomic E-state index is -0.902. The normalized spacial score (nSPS) is 17.4. The lowest BCUT2D eigenvalue weighted by molar-refractivity contribution is 0.0944. The van der Waals surface area contributed by atoms with Crippen molar-refractivity contribution in [1.82, 2.24) is 15.3 Å². The number of nitrogens with two attached hydrogens (primary N) is 2. The van der Waals surface area contributed by atoms with Crippen molar-refractivity contribution < 1.29 is 9.59 Å². The van der Waals surface area contributed by atoms with E-state index in [0.717, 1.165) is 37.7 Å². The first-order valence-electron chi connectivity index (χ1n) is 10.5. The third kappa shape index (κ3) is 4.53. The molecular formula is C21H27N7O3. The van der Waals surface area contributed by atoms with Crippen LogP contribution in [0.3, 0.4) is 0 Å². The first kappa shape index (κ1) is 20.9. The molecule has 0 radical (unpaired) electrons. The van der Waals surface area contributed by atoms with Gasteiger partial charge in [0, 0.05) is 29.9 Å². The molecule has 0 spiro atoms. The van der Waals surface area contributed by atoms with E-state index in [1.807, 2.05) is 6.07 Å². The third-order valence-electron chi connectivity index (χ3n) is 5.92. The van der Waals surface area contributed by atoms with Gasteiger partial charge in [-0.05, 0) is 37.0 Å². The van der Waals surface area contributed by atoms with Crippen LogP contribution in [0.25, 0.3) is 0 Å². The van der Waals surface area contributed by atoms with Gasteiger partial charge in [-0.25, -0.2) is 0 Å². The molecule has 10 heteroatoms. The second-order valence-corrected chi connectivity index (χ2v) is 8.28. The molecule has 0 bridgehead atoms. The van der Waals surface area contributed by atoms with E-state index in [1.165, 1.54) is 6.42 Å². The van der Waals surface area contributed by atoms with Gasteiger partial charge in [-0.3, -0.25) is 19.4 Å². The maximum absolute atomic E-state index is 12.5. The van der Waals surface area contributed by atoms with Crippen molar-refractivity contribution in [1.29, 1.82) is 0 Å². The predicted molar refractivity (Wildman–Crippen MR) is 118 cm³/mol. The minimum Gasteiger partial charge on any atom is -0.365 e. The highest BCUT2D eigenvalue weighted by Gasteiger charge is 2.27. The minimum absolute atomic E-state index is 0.0182. The van der Waals surface area contributed by atoms with Gasteiger partial charge in [0.05, 0.1) is 0 Å². The second kappa shape index (κ2) is 8.38. The van der Waals surface area contributed by atoms with E-state index in [-0.39, 0.29) is 28.8 Å². The van der Waals surface area contributed by atoms with E-state index in [9.17, 15) is 14.4 Å². The molecule has 4 rings (SSSR count). The van der Waals surface area contributed by atoms with Crippen LogP contribution < -0.4 is 33.0 Å². The molecule has 2 amide bonds. The number of nitrogens with zero attached hydrogens (tertiary/aromatic N) is 1. The first-order valence-corrected chi connectivity index (χ1v) is 10.5. The molecule has 31 heavy (non-hydrogen) atoms. The van der Waals surface area contributed by atoms with E-state index in [0.29, 0.717) is 24.3 Å². The van der Waals surface area contributed by atoms with Crippen molar-refractivity contribution in [3.05, 3.63) is 45.2 Å². The number of aromatic nitrogens is 2. The summed E-state index contributed by atoms with van der Waals surface area (Å²) in [5.41, 5.74) is 12.6. The number of hydrogen-bond donors (Lipinski definition) is 6. The van der Waals surface area contributed by atoms with Gasteiger partial charge in [-0.1, -0.05) is 25.3 Å². The summed E-state index contributed by atoms with van der Waals surface area (Å²) in [5, 5.41) is 8.86. The Bertz CT molecular complexity index is 1070. The van der Waals surface area contributed by atoms with E-state index in [4.69, 9.17) is 11.5 Å². The highest BCUT2D eigenvalue weighted by molar-refractivity contribution is 5.99. The molecule has 164 valence electrons. The Morgan fingerprint density at radius 1 is 1.19 bits per heavy atom. The van der Waals surface area contributed by atoms with Crippen molar-refractivity contribution >= 4 is 29.3 Å². The molecule has 2 heterocycles. The third-order valence-corrected chi connectivity index (χ3v) is 5.92. The Labute approximate surface area is 179 Å². The molecular weight excluding hydrogens is 398 g/mol. The molecule has 1 aliphatic heterocycles. The number of aromatic amines is 1. The van der Waals surface area contributed by atoms with Crippen molar-refractivity contribution in [3.63, 3.8) is 0 Å². The first-order chi connectivity index (χ1) is 14.8. The molecule has 1 aromatic carbocycles. The topological polar surface area (TPSA) is 168 Å². The van der Waals surface area contributed by atoms with Gasteiger partial charge >= 0.3 is 0 Å². The van der Waals surface area contributed by atoms with Crippen molar-refractivity contribution in [3.8, 4) is 0 Å². The zero-order chi connectivity index (χ0) is 22.0. The van der Waals surface area contributed by atoms with Crippen LogP contribution in [0.4, 0.5) is 17.5 Å². The summed E-state index contributed by atoms with van der Waals surface area (Å²) < 4.78 is 0. The number of nitrogens with one attached hydrogen (secondary N) is 4. The fourth-order valence-corrected chi connectivity index (χ4v) is 4.19. The zero-order valence-corrected chi connectivity index (χ0v) is 17.2. The number of primary amides is 1. The van der Waals surface area contributed by atoms with E-state index < -0.39 is 11.5 Å². The number of amides is 2. The summed E-state index contributed by atoms with van der Waals surface area (Å²) in [4.78, 5) is 43.5. The number of benzene rings is 1. The lowest BCUT2D eigenvalue weighted by atomic mass is 9.82. The Morgan fingerprint density at radius 3 is 2.71 bits per heavy atom. The maximum Gasteiger partial charge on any atom is 0.267 e. The number of hydrogen-bond acceptors (Lipinski definition) is 7. The summed E-state index contributed by atoms with van der Waals surface area (Å²) in [6.45, 7) is 1.04. The molecule has 1 fully saturated rings. The van der Waals surface area contributed by atoms with Crippen LogP contribution in [0.2, 0.25) is 0 Å². The smallest absolute Gasteiger partial charge is 0.267 e. The average molecular weight is 425 g/mol. The molecule has 2 aliphatic rings. The number of carbonyl (C=O) groups is 2. The standard InChI is InChI=1S/C21H27N7O3/c22-16(29)15-17(26-13-5-4-12-6-9-24-18(30)14(12)10-13)27-20(28-19(15)31)25-11-21(23)7-2-1-3-8-21/h4-5,10H,1-3,6-9,11,23H2,(H2,22,29)(H,24,30)(H3,25,26,27,28,31). The number of anilines is 3. The SMILES string of the molecule is NC(=O)c1c(Nc2ccc3c(c2)C(=O)NCC3)nc(NCC2(N)CCCCC2)[nH]c1=O. The Hall–Kier alpha value is -3.40. The summed E-state index contributed by atoms with van der Waals surface area (Å²) in [6.07, 6.45) is 5.85. The van der Waals surface area contributed by atoms with Gasteiger partial charge in [0.2, 0.25) is 5.95 Å². The second-order valence-electron chi connectivity index (χ2n) is 8.28. The molecule has 1 saturated carbocycles. The van der Waals surface area contributed by atoms with Gasteiger partial charge in [0.15, 0.2) is 5.82 Å². The molecule has 10 nitrogen and oxygen atoms in total. The van der Waals surface area contributed by atoms with Gasteiger partial charge in [-0.15, -0.1) is 0 Å². The highest BCUT2D eigenvalue weighted by Crippen LogP contribution is 2.26. The fraction of sp³-hybridized carbons (Fsp3) is 0.429. The van der Waals surface area contributed by atoms with Crippen molar-refractivity contribution in [2.24, 2.45) is 11.5 Å². The van der Waals surface area contributed by atoms with E-state index in [2.05, 4.69) is 25.9 Å². The van der Waals surface area contributed by atoms with Crippen LogP contribution in [0.1, 0.15) is 58.4 Å². The lowest BCUT2D eigenvalue weighted by Gasteiger charge is -2.33. The van der Waals surface area contributed by atoms with Gasteiger partial charge in [-0.2, -0.15) is 4.98 Å². The van der Waals surface area contributed by atoms with Crippen LogP contribution in [0, 0.1) is 0 Å². The summed E-state index contributed by atoms with van der Waals surface area (Å²) >= 11 is 0. The lowest BCUT2D eigenvalue weighted by Crippen LogP contribution is -2.48. The average Bonchev–Trinajstić information content (AvgIpc) is 2.73. The highest BCUT2D eigenvalue weighted by atomic mass is 16.2. The molecule has 1 aliphatic carbocycles. The van der Waals surface area contributed by atoms with Gasteiger partial charge < -0.3 is 27.4 Å². The maximum atomic E-state index is 12.5. The van der Waals surface area contributed by atoms with Gasteiger partial charge in [0.1, 0.15) is 5.56 Å². The molecule has 0 unspecified atom stereocenters. The molecule has 0 saturated heterocycles. The predicted octanol–water partition coefficient (Wildman–Crippen LogP) is 0.972. The largest absolute Gasteiger partial charge is 0.365 e. The van der Waals surface area contributed by atoms with E-state index in [1.54, 1.807) is 12.1 Å². The summed E-state index contributed by atoms with van der Waals surface area (Å²) in [6, 6.07) is 5.28. The molecule has 1 aromatic heterocycles. The van der Waals surface area contributed by atoms with Gasteiger partial charge in [0.25, 0.3) is 17.4 Å². The van der Waals surface area contributed by atoms with Crippen LogP contribution in [-0.4, -0.2) is 40.4 Å². The number of H-pyrrole nitrogens is 1. The van der Waals surface area contributed by atoms with Crippen LogP contribution >= 0.6 is 0 Å². The Morgan fingerprint density at radius 2 is 1.97 bits per heavy atom. The number of fused-ring (bicyclic) bond motifs is 1. The van der Waals surface area contributed by atoms with Crippen LogP contribution in [0.5, 0.6) is 0 Å². The summed E-state index contributed by atoms with van der Waals surface area (Å²) in [5.74, 6) is -0.851. The fourth-order valence-electron chi connectivity index (χ4n) is 4.19. The van der Waals surface area contributed by atoms with Crippen LogP contribution in [0.15, 0.2) is 23.0 Å². The number of rotatable bonds is 6. The van der Waals surface area contributed by atoms with E-state index >= 15 is 0 Å². The summed E-state index contributed by atoms with van der Waals surface area (Å²) in [7, 11) is 0. The Kier molecular flexibility index (Phi) is 5.64. The number of carbonyl (C=O) groups excluding carboxylic acids is 2. The van der Waals surface area contributed by atoms with Crippen molar-refractivity contribution in [2.45, 2.75) is 44.1 Å². The van der Waals surface area contributed by atoms with Crippen molar-refractivity contribution in [2.75, 3.05) is 23.7 Å².